The lowest BCUT2D eigenvalue weighted by Gasteiger charge is -2.20. The molecule has 2 heterocycles. The van der Waals surface area contributed by atoms with E-state index in [1.54, 1.807) is 21.0 Å². The predicted octanol–water partition coefficient (Wildman–Crippen LogP) is 1.90. The summed E-state index contributed by atoms with van der Waals surface area (Å²) < 4.78 is 77.6. The third kappa shape index (κ3) is 6.49. The summed E-state index contributed by atoms with van der Waals surface area (Å²) >= 11 is 0. The first-order valence-electron chi connectivity index (χ1n) is 10.3. The predicted molar refractivity (Wildman–Crippen MR) is 117 cm³/mol. The number of aromatic nitrogens is 1. The molecule has 0 saturated carbocycles. The summed E-state index contributed by atoms with van der Waals surface area (Å²) in [5, 5.41) is 2.55. The van der Waals surface area contributed by atoms with Crippen molar-refractivity contribution in [3.05, 3.63) is 41.3 Å². The van der Waals surface area contributed by atoms with Gasteiger partial charge in [-0.15, -0.1) is 0 Å². The molecule has 1 aliphatic heterocycles. The number of likely N-dealkylation sites (N-methyl/N-ethyl adjacent to an activating group) is 1. The number of halogens is 3. The zero-order chi connectivity index (χ0) is 26.0. The maximum absolute atomic E-state index is 13.0. The Morgan fingerprint density at radius 3 is 2.60 bits per heavy atom. The number of alkyl halides is 3. The maximum atomic E-state index is 13.0. The van der Waals surface area contributed by atoms with Gasteiger partial charge in [0.15, 0.2) is 5.69 Å². The van der Waals surface area contributed by atoms with Crippen molar-refractivity contribution in [1.29, 1.82) is 0 Å². The van der Waals surface area contributed by atoms with E-state index in [1.165, 1.54) is 11.0 Å². The highest BCUT2D eigenvalue weighted by atomic mass is 32.2. The fourth-order valence-electron chi connectivity index (χ4n) is 3.19. The molecule has 192 valence electrons. The molecule has 15 heteroatoms. The molecule has 1 unspecified atom stereocenters. The standard InChI is InChI=1S/C20H24F3N5O6S/c1-12-4-5-13(20(21,22)23)10-14(12)24-19-25-15(11-34-19)17(29)26-35(31,32)28-7-6-16(33-9-8-28)18(30)27(2)3/h4-5,10-11,16H,6-9H2,1-3H3,(H,24,25)(H,26,29). The maximum Gasteiger partial charge on any atom is 0.416 e. The Morgan fingerprint density at radius 1 is 1.23 bits per heavy atom. The van der Waals surface area contributed by atoms with Gasteiger partial charge in [-0.3, -0.25) is 9.59 Å². The fourth-order valence-corrected chi connectivity index (χ4v) is 4.32. The van der Waals surface area contributed by atoms with Crippen LogP contribution in [0.4, 0.5) is 24.9 Å². The van der Waals surface area contributed by atoms with Gasteiger partial charge in [0.05, 0.1) is 12.2 Å². The van der Waals surface area contributed by atoms with Gasteiger partial charge in [0.25, 0.3) is 17.8 Å². The van der Waals surface area contributed by atoms with Crippen LogP contribution in [0.1, 0.15) is 28.0 Å². The summed E-state index contributed by atoms with van der Waals surface area (Å²) in [5.74, 6) is -1.40. The van der Waals surface area contributed by atoms with Gasteiger partial charge in [-0.2, -0.15) is 30.9 Å². The highest BCUT2D eigenvalue weighted by Crippen LogP contribution is 2.33. The van der Waals surface area contributed by atoms with Gasteiger partial charge in [-0.25, -0.2) is 4.72 Å². The minimum Gasteiger partial charge on any atom is -0.431 e. The summed E-state index contributed by atoms with van der Waals surface area (Å²) in [5.41, 5.74) is -0.795. The van der Waals surface area contributed by atoms with E-state index in [9.17, 15) is 31.2 Å². The van der Waals surface area contributed by atoms with Gasteiger partial charge < -0.3 is 19.4 Å². The number of benzene rings is 1. The van der Waals surface area contributed by atoms with Gasteiger partial charge in [0.2, 0.25) is 0 Å². The molecule has 3 rings (SSSR count). The number of nitrogens with zero attached hydrogens (tertiary/aromatic N) is 3. The molecule has 1 aromatic heterocycles. The van der Waals surface area contributed by atoms with Crippen molar-refractivity contribution < 1.29 is 40.3 Å². The van der Waals surface area contributed by atoms with E-state index in [0.29, 0.717) is 5.56 Å². The Hall–Kier alpha value is -3.17. The van der Waals surface area contributed by atoms with E-state index in [2.05, 4.69) is 10.3 Å². The number of hydrogen-bond donors (Lipinski definition) is 2. The van der Waals surface area contributed by atoms with Crippen LogP contribution in [0.5, 0.6) is 0 Å². The van der Waals surface area contributed by atoms with E-state index in [0.717, 1.165) is 22.7 Å². The van der Waals surface area contributed by atoms with Crippen molar-refractivity contribution >= 4 is 33.7 Å². The number of aryl methyl sites for hydroxylation is 1. The highest BCUT2D eigenvalue weighted by molar-refractivity contribution is 7.87. The van der Waals surface area contributed by atoms with E-state index < -0.39 is 39.7 Å². The Kier molecular flexibility index (Phi) is 7.71. The monoisotopic (exact) mass is 519 g/mol. The molecule has 0 aliphatic carbocycles. The van der Waals surface area contributed by atoms with Crippen molar-refractivity contribution in [3.63, 3.8) is 0 Å². The second-order valence-corrected chi connectivity index (χ2v) is 9.58. The number of carbonyl (C=O) groups is 2. The molecule has 1 atom stereocenters. The lowest BCUT2D eigenvalue weighted by molar-refractivity contribution is -0.140. The van der Waals surface area contributed by atoms with Crippen LogP contribution in [0.15, 0.2) is 28.9 Å². The van der Waals surface area contributed by atoms with Crippen LogP contribution in [0, 0.1) is 6.92 Å². The average Bonchev–Trinajstić information content (AvgIpc) is 3.08. The minimum absolute atomic E-state index is 0.0479. The van der Waals surface area contributed by atoms with E-state index >= 15 is 0 Å². The Labute approximate surface area is 199 Å². The Balaban J connectivity index is 1.66. The molecule has 1 fully saturated rings. The number of anilines is 2. The zero-order valence-electron chi connectivity index (χ0n) is 19.0. The quantitative estimate of drug-likeness (QED) is 0.591. The Morgan fingerprint density at radius 2 is 1.94 bits per heavy atom. The van der Waals surface area contributed by atoms with Crippen LogP contribution in [-0.4, -0.2) is 74.3 Å². The van der Waals surface area contributed by atoms with Crippen LogP contribution < -0.4 is 10.0 Å². The summed E-state index contributed by atoms with van der Waals surface area (Å²) in [7, 11) is -1.19. The summed E-state index contributed by atoms with van der Waals surface area (Å²) in [6.45, 7) is 1.37. The van der Waals surface area contributed by atoms with Crippen LogP contribution in [0.3, 0.4) is 0 Å². The second-order valence-electron chi connectivity index (χ2n) is 7.91. The highest BCUT2D eigenvalue weighted by Gasteiger charge is 2.32. The van der Waals surface area contributed by atoms with Crippen molar-refractivity contribution in [2.45, 2.75) is 25.6 Å². The topological polar surface area (TPSA) is 134 Å². The first-order chi connectivity index (χ1) is 16.3. The van der Waals surface area contributed by atoms with Crippen molar-refractivity contribution in [2.75, 3.05) is 39.1 Å². The number of nitrogens with one attached hydrogen (secondary N) is 2. The third-order valence-corrected chi connectivity index (χ3v) is 6.61. The number of ether oxygens (including phenoxy) is 1. The van der Waals surface area contributed by atoms with Gasteiger partial charge in [0.1, 0.15) is 12.4 Å². The van der Waals surface area contributed by atoms with Crippen molar-refractivity contribution in [3.8, 4) is 0 Å². The van der Waals surface area contributed by atoms with Crippen LogP contribution >= 0.6 is 0 Å². The molecule has 35 heavy (non-hydrogen) atoms. The van der Waals surface area contributed by atoms with Crippen molar-refractivity contribution in [2.24, 2.45) is 0 Å². The minimum atomic E-state index is -4.56. The molecule has 0 spiro atoms. The van der Waals surface area contributed by atoms with Gasteiger partial charge in [-0.1, -0.05) is 6.07 Å². The van der Waals surface area contributed by atoms with E-state index in [-0.39, 0.29) is 43.7 Å². The lowest BCUT2D eigenvalue weighted by atomic mass is 10.1. The number of carbonyl (C=O) groups excluding carboxylic acids is 2. The molecule has 0 radical (unpaired) electrons. The first kappa shape index (κ1) is 26.4. The second kappa shape index (κ2) is 10.2. The lowest BCUT2D eigenvalue weighted by Crippen LogP contribution is -2.44. The summed E-state index contributed by atoms with van der Waals surface area (Å²) in [4.78, 5) is 29.7. The molecule has 1 aliphatic rings. The third-order valence-electron chi connectivity index (χ3n) is 5.12. The number of oxazole rings is 1. The average molecular weight is 520 g/mol. The van der Waals surface area contributed by atoms with E-state index in [1.807, 2.05) is 4.72 Å². The zero-order valence-corrected chi connectivity index (χ0v) is 19.9. The molecule has 2 aromatic rings. The van der Waals surface area contributed by atoms with Crippen molar-refractivity contribution in [1.82, 2.24) is 18.9 Å². The summed E-state index contributed by atoms with van der Waals surface area (Å²) in [6, 6.07) is 2.74. The number of rotatable bonds is 6. The van der Waals surface area contributed by atoms with Gasteiger partial charge >= 0.3 is 16.4 Å². The Bertz CT molecular complexity index is 1200. The van der Waals surface area contributed by atoms with Crippen LogP contribution in [0.2, 0.25) is 0 Å². The summed E-state index contributed by atoms with van der Waals surface area (Å²) in [6.07, 6.45) is -4.39. The molecule has 0 bridgehead atoms. The molecule has 2 N–H and O–H groups in total. The van der Waals surface area contributed by atoms with E-state index in [4.69, 9.17) is 9.15 Å². The molecule has 1 saturated heterocycles. The SMILES string of the molecule is Cc1ccc(C(F)(F)F)cc1Nc1nc(C(=O)NS(=O)(=O)N2CCOC(C(=O)N(C)C)CC2)co1. The smallest absolute Gasteiger partial charge is 0.416 e. The number of amides is 2. The number of hydrogen-bond acceptors (Lipinski definition) is 8. The normalized spacial score (nSPS) is 17.5. The van der Waals surface area contributed by atoms with Gasteiger partial charge in [0, 0.05) is 32.9 Å². The molecule has 1 aromatic carbocycles. The van der Waals surface area contributed by atoms with Gasteiger partial charge in [-0.05, 0) is 31.0 Å². The largest absolute Gasteiger partial charge is 0.431 e. The van der Waals surface area contributed by atoms with Crippen LogP contribution in [-0.2, 0) is 25.9 Å². The first-order valence-corrected chi connectivity index (χ1v) is 11.8. The van der Waals surface area contributed by atoms with Crippen LogP contribution in [0.25, 0.3) is 0 Å². The molecule has 2 amide bonds. The molecule has 11 nitrogen and oxygen atoms in total. The fraction of sp³-hybridized carbons (Fsp3) is 0.450. The molecular weight excluding hydrogens is 495 g/mol. The molecular formula is C20H24F3N5O6S.